The average Bonchev–Trinajstić information content (AvgIpc) is 2.25. The fourth-order valence-corrected chi connectivity index (χ4v) is 2.43. The molecule has 1 aromatic carbocycles. The summed E-state index contributed by atoms with van der Waals surface area (Å²) in [5.41, 5.74) is 1.83. The van der Waals surface area contributed by atoms with Gasteiger partial charge in [0.05, 0.1) is 6.61 Å². The van der Waals surface area contributed by atoms with Crippen LogP contribution in [0.5, 0.6) is 0 Å². The maximum absolute atomic E-state index is 13.6. The number of hydrogen-bond acceptors (Lipinski definition) is 3. The van der Waals surface area contributed by atoms with E-state index in [0.717, 1.165) is 24.1 Å². The Labute approximate surface area is 108 Å². The number of anilines is 1. The summed E-state index contributed by atoms with van der Waals surface area (Å²) in [7, 11) is 1.85. The smallest absolute Gasteiger partial charge is 0.125 e. The third-order valence-corrected chi connectivity index (χ3v) is 3.51. The quantitative estimate of drug-likeness (QED) is 0.811. The van der Waals surface area contributed by atoms with Gasteiger partial charge in [0.1, 0.15) is 5.82 Å². The fourth-order valence-electron chi connectivity index (χ4n) is 2.43. The SMILES string of the molecule is CNCc1cc(F)cc(N(CCO)C2CCC2)c1. The predicted molar refractivity (Wildman–Crippen MR) is 71.2 cm³/mol. The lowest BCUT2D eigenvalue weighted by Gasteiger charge is -2.39. The van der Waals surface area contributed by atoms with E-state index in [4.69, 9.17) is 5.11 Å². The van der Waals surface area contributed by atoms with Gasteiger partial charge in [-0.15, -0.1) is 0 Å². The largest absolute Gasteiger partial charge is 0.395 e. The minimum Gasteiger partial charge on any atom is -0.395 e. The molecule has 0 aromatic heterocycles. The van der Waals surface area contributed by atoms with E-state index in [1.165, 1.54) is 6.42 Å². The van der Waals surface area contributed by atoms with Crippen molar-refractivity contribution in [1.29, 1.82) is 0 Å². The van der Waals surface area contributed by atoms with Crippen molar-refractivity contribution in [3.05, 3.63) is 29.6 Å². The second-order valence-corrected chi connectivity index (χ2v) is 4.85. The van der Waals surface area contributed by atoms with Crippen molar-refractivity contribution in [2.75, 3.05) is 25.1 Å². The van der Waals surface area contributed by atoms with Gasteiger partial charge >= 0.3 is 0 Å². The van der Waals surface area contributed by atoms with Crippen LogP contribution in [-0.4, -0.2) is 31.3 Å². The van der Waals surface area contributed by atoms with Crippen LogP contribution in [0.25, 0.3) is 0 Å². The average molecular weight is 252 g/mol. The highest BCUT2D eigenvalue weighted by atomic mass is 19.1. The van der Waals surface area contributed by atoms with Crippen LogP contribution in [0.4, 0.5) is 10.1 Å². The van der Waals surface area contributed by atoms with Crippen molar-refractivity contribution >= 4 is 5.69 Å². The van der Waals surface area contributed by atoms with E-state index < -0.39 is 0 Å². The highest BCUT2D eigenvalue weighted by molar-refractivity contribution is 5.50. The summed E-state index contributed by atoms with van der Waals surface area (Å²) in [6.07, 6.45) is 3.50. The van der Waals surface area contributed by atoms with Crippen molar-refractivity contribution in [2.45, 2.75) is 31.8 Å². The first-order valence-corrected chi connectivity index (χ1v) is 6.56. The number of halogens is 1. The lowest BCUT2D eigenvalue weighted by Crippen LogP contribution is -2.42. The van der Waals surface area contributed by atoms with Crippen LogP contribution in [-0.2, 0) is 6.54 Å². The Bertz CT molecular complexity index is 393. The zero-order chi connectivity index (χ0) is 13.0. The fraction of sp³-hybridized carbons (Fsp3) is 0.571. The number of hydrogen-bond donors (Lipinski definition) is 2. The Balaban J connectivity index is 2.22. The van der Waals surface area contributed by atoms with Gasteiger partial charge in [-0.3, -0.25) is 0 Å². The second kappa shape index (κ2) is 6.16. The van der Waals surface area contributed by atoms with Crippen LogP contribution >= 0.6 is 0 Å². The van der Waals surface area contributed by atoms with Gasteiger partial charge in [0.2, 0.25) is 0 Å². The Hall–Kier alpha value is -1.13. The van der Waals surface area contributed by atoms with Crippen LogP contribution in [0, 0.1) is 5.82 Å². The minimum atomic E-state index is -0.208. The lowest BCUT2D eigenvalue weighted by molar-refractivity contribution is 0.283. The van der Waals surface area contributed by atoms with Gasteiger partial charge in [-0.1, -0.05) is 0 Å². The number of aliphatic hydroxyl groups is 1. The van der Waals surface area contributed by atoms with Gasteiger partial charge in [0, 0.05) is 24.8 Å². The van der Waals surface area contributed by atoms with Crippen molar-refractivity contribution < 1.29 is 9.50 Å². The van der Waals surface area contributed by atoms with Gasteiger partial charge in [-0.2, -0.15) is 0 Å². The van der Waals surface area contributed by atoms with Gasteiger partial charge in [0.15, 0.2) is 0 Å². The molecule has 0 saturated heterocycles. The van der Waals surface area contributed by atoms with E-state index in [1.807, 2.05) is 13.1 Å². The summed E-state index contributed by atoms with van der Waals surface area (Å²) >= 11 is 0. The van der Waals surface area contributed by atoms with Gasteiger partial charge in [0.25, 0.3) is 0 Å². The Kier molecular flexibility index (Phi) is 4.55. The maximum atomic E-state index is 13.6. The molecule has 3 nitrogen and oxygen atoms in total. The van der Waals surface area contributed by atoms with E-state index >= 15 is 0 Å². The molecular formula is C14H21FN2O. The predicted octanol–water partition coefficient (Wildman–Crippen LogP) is 1.90. The third-order valence-electron chi connectivity index (χ3n) is 3.51. The molecule has 0 bridgehead atoms. The van der Waals surface area contributed by atoms with E-state index in [0.29, 0.717) is 19.1 Å². The molecule has 1 aliphatic carbocycles. The summed E-state index contributed by atoms with van der Waals surface area (Å²) in [5.74, 6) is -0.208. The summed E-state index contributed by atoms with van der Waals surface area (Å²) in [4.78, 5) is 2.13. The van der Waals surface area contributed by atoms with Crippen LogP contribution in [0.1, 0.15) is 24.8 Å². The van der Waals surface area contributed by atoms with E-state index in [2.05, 4.69) is 10.2 Å². The molecule has 0 amide bonds. The van der Waals surface area contributed by atoms with E-state index in [9.17, 15) is 4.39 Å². The number of rotatable bonds is 6. The minimum absolute atomic E-state index is 0.106. The molecule has 0 atom stereocenters. The standard InChI is InChI=1S/C14H21FN2O/c1-16-10-11-7-12(15)9-14(8-11)17(5-6-18)13-3-2-4-13/h7-9,13,16,18H,2-6,10H2,1H3. The van der Waals surface area contributed by atoms with Crippen LogP contribution < -0.4 is 10.2 Å². The molecule has 18 heavy (non-hydrogen) atoms. The summed E-state index contributed by atoms with van der Waals surface area (Å²) in [5, 5.41) is 12.2. The van der Waals surface area contributed by atoms with Crippen molar-refractivity contribution in [2.24, 2.45) is 0 Å². The molecule has 1 aromatic rings. The highest BCUT2D eigenvalue weighted by Gasteiger charge is 2.25. The lowest BCUT2D eigenvalue weighted by atomic mass is 9.91. The summed E-state index contributed by atoms with van der Waals surface area (Å²) in [6, 6.07) is 5.58. The first-order valence-electron chi connectivity index (χ1n) is 6.56. The zero-order valence-corrected chi connectivity index (χ0v) is 10.8. The first-order chi connectivity index (χ1) is 8.74. The Morgan fingerprint density at radius 3 is 2.72 bits per heavy atom. The van der Waals surface area contributed by atoms with Crippen molar-refractivity contribution in [3.63, 3.8) is 0 Å². The second-order valence-electron chi connectivity index (χ2n) is 4.85. The molecule has 4 heteroatoms. The molecule has 0 unspecified atom stereocenters. The maximum Gasteiger partial charge on any atom is 0.125 e. The van der Waals surface area contributed by atoms with Crippen LogP contribution in [0.15, 0.2) is 18.2 Å². The van der Waals surface area contributed by atoms with Crippen LogP contribution in [0.2, 0.25) is 0 Å². The van der Waals surface area contributed by atoms with Crippen molar-refractivity contribution in [1.82, 2.24) is 5.32 Å². The molecule has 1 saturated carbocycles. The van der Waals surface area contributed by atoms with Gasteiger partial charge in [-0.25, -0.2) is 4.39 Å². The molecule has 0 aliphatic heterocycles. The Morgan fingerprint density at radius 1 is 1.39 bits per heavy atom. The van der Waals surface area contributed by atoms with E-state index in [-0.39, 0.29) is 12.4 Å². The highest BCUT2D eigenvalue weighted by Crippen LogP contribution is 2.30. The molecule has 2 N–H and O–H groups in total. The molecule has 0 spiro atoms. The van der Waals surface area contributed by atoms with Crippen LogP contribution in [0.3, 0.4) is 0 Å². The monoisotopic (exact) mass is 252 g/mol. The molecule has 1 aliphatic rings. The molecular weight excluding hydrogens is 231 g/mol. The number of nitrogens with one attached hydrogen (secondary N) is 1. The summed E-state index contributed by atoms with van der Waals surface area (Å²) < 4.78 is 13.6. The molecule has 0 heterocycles. The topological polar surface area (TPSA) is 35.5 Å². The molecule has 2 rings (SSSR count). The first kappa shape index (κ1) is 13.3. The normalized spacial score (nSPS) is 15.5. The number of benzene rings is 1. The van der Waals surface area contributed by atoms with Crippen molar-refractivity contribution in [3.8, 4) is 0 Å². The molecule has 100 valence electrons. The third kappa shape index (κ3) is 3.00. The molecule has 0 radical (unpaired) electrons. The number of nitrogens with zero attached hydrogens (tertiary/aromatic N) is 1. The number of aliphatic hydroxyl groups excluding tert-OH is 1. The van der Waals surface area contributed by atoms with Gasteiger partial charge in [-0.05, 0) is 50.1 Å². The summed E-state index contributed by atoms with van der Waals surface area (Å²) in [6.45, 7) is 1.34. The van der Waals surface area contributed by atoms with Gasteiger partial charge < -0.3 is 15.3 Å². The molecule has 1 fully saturated rings. The van der Waals surface area contributed by atoms with E-state index in [1.54, 1.807) is 12.1 Å². The Morgan fingerprint density at radius 2 is 2.17 bits per heavy atom. The zero-order valence-electron chi connectivity index (χ0n) is 10.8.